The molecule has 0 atom stereocenters. The summed E-state index contributed by atoms with van der Waals surface area (Å²) in [6.07, 6.45) is 1.66. The van der Waals surface area contributed by atoms with Crippen molar-refractivity contribution >= 4 is 21.6 Å². The molecule has 2 heterocycles. The number of benzene rings is 1. The van der Waals surface area contributed by atoms with E-state index in [0.717, 1.165) is 27.4 Å². The second-order valence-corrected chi connectivity index (χ2v) is 4.76. The van der Waals surface area contributed by atoms with Gasteiger partial charge in [-0.25, -0.2) is 0 Å². The predicted octanol–water partition coefficient (Wildman–Crippen LogP) is 3.43. The molecule has 94 valence electrons. The zero-order chi connectivity index (χ0) is 12.4. The van der Waals surface area contributed by atoms with Crippen LogP contribution in [0.1, 0.15) is 5.76 Å². The fourth-order valence-corrected chi connectivity index (χ4v) is 2.26. The molecule has 0 bridgehead atoms. The summed E-state index contributed by atoms with van der Waals surface area (Å²) in [6.45, 7) is 1.82. The van der Waals surface area contributed by atoms with E-state index in [0.29, 0.717) is 19.8 Å². The van der Waals surface area contributed by atoms with E-state index in [9.17, 15) is 0 Å². The summed E-state index contributed by atoms with van der Waals surface area (Å²) in [5.41, 5.74) is 0.954. The zero-order valence-corrected chi connectivity index (χ0v) is 11.2. The van der Waals surface area contributed by atoms with Gasteiger partial charge < -0.3 is 19.2 Å². The van der Waals surface area contributed by atoms with E-state index in [1.165, 1.54) is 0 Å². The van der Waals surface area contributed by atoms with E-state index in [-0.39, 0.29) is 0 Å². The zero-order valence-electron chi connectivity index (χ0n) is 9.61. The normalized spacial score (nSPS) is 13.4. The highest BCUT2D eigenvalue weighted by Gasteiger charge is 2.14. The highest BCUT2D eigenvalue weighted by atomic mass is 79.9. The molecule has 0 fully saturated rings. The summed E-state index contributed by atoms with van der Waals surface area (Å²) in [5.74, 6) is 2.43. The molecule has 4 nitrogen and oxygen atoms in total. The van der Waals surface area contributed by atoms with Crippen molar-refractivity contribution in [2.75, 3.05) is 18.5 Å². The average molecular weight is 310 g/mol. The second-order valence-electron chi connectivity index (χ2n) is 3.91. The molecule has 1 N–H and O–H groups in total. The van der Waals surface area contributed by atoms with Crippen LogP contribution >= 0.6 is 15.9 Å². The Labute approximate surface area is 113 Å². The van der Waals surface area contributed by atoms with Crippen molar-refractivity contribution < 1.29 is 13.9 Å². The van der Waals surface area contributed by atoms with Crippen LogP contribution in [-0.4, -0.2) is 13.2 Å². The molecule has 0 unspecified atom stereocenters. The molecule has 1 aliphatic heterocycles. The van der Waals surface area contributed by atoms with Crippen LogP contribution in [0.4, 0.5) is 5.69 Å². The Bertz CT molecular complexity index is 539. The molecule has 0 saturated carbocycles. The molecule has 1 aromatic heterocycles. The van der Waals surface area contributed by atoms with Crippen molar-refractivity contribution in [2.24, 2.45) is 0 Å². The Morgan fingerprint density at radius 2 is 1.94 bits per heavy atom. The van der Waals surface area contributed by atoms with Gasteiger partial charge in [-0.05, 0) is 28.1 Å². The van der Waals surface area contributed by atoms with Gasteiger partial charge in [0.25, 0.3) is 0 Å². The number of hydrogen-bond donors (Lipinski definition) is 1. The first-order valence-electron chi connectivity index (χ1n) is 5.68. The molecule has 0 amide bonds. The van der Waals surface area contributed by atoms with Crippen molar-refractivity contribution in [3.05, 3.63) is 40.8 Å². The fraction of sp³-hybridized carbons (Fsp3) is 0.231. The number of ether oxygens (including phenoxy) is 2. The van der Waals surface area contributed by atoms with Gasteiger partial charge >= 0.3 is 0 Å². The number of rotatable bonds is 3. The summed E-state index contributed by atoms with van der Waals surface area (Å²) in [4.78, 5) is 0. The molecule has 18 heavy (non-hydrogen) atoms. The molecule has 1 aliphatic rings. The summed E-state index contributed by atoms with van der Waals surface area (Å²) in [6, 6.07) is 7.65. The number of hydrogen-bond acceptors (Lipinski definition) is 4. The van der Waals surface area contributed by atoms with E-state index < -0.39 is 0 Å². The highest BCUT2D eigenvalue weighted by Crippen LogP contribution is 2.38. The first-order valence-corrected chi connectivity index (χ1v) is 6.47. The van der Waals surface area contributed by atoms with Gasteiger partial charge in [-0.1, -0.05) is 0 Å². The second kappa shape index (κ2) is 4.94. The van der Waals surface area contributed by atoms with Crippen LogP contribution in [0.15, 0.2) is 39.4 Å². The number of anilines is 1. The van der Waals surface area contributed by atoms with Gasteiger partial charge in [0.15, 0.2) is 11.5 Å². The van der Waals surface area contributed by atoms with E-state index in [4.69, 9.17) is 13.9 Å². The van der Waals surface area contributed by atoms with Crippen molar-refractivity contribution in [3.8, 4) is 11.5 Å². The molecule has 3 rings (SSSR count). The van der Waals surface area contributed by atoms with Gasteiger partial charge in [-0.3, -0.25) is 0 Å². The van der Waals surface area contributed by atoms with Crippen LogP contribution in [0.2, 0.25) is 0 Å². The van der Waals surface area contributed by atoms with Crippen molar-refractivity contribution in [2.45, 2.75) is 6.54 Å². The SMILES string of the molecule is Brc1cc2c(cc1NCc1ccco1)OCCO2. The number of furan rings is 1. The lowest BCUT2D eigenvalue weighted by Crippen LogP contribution is -2.15. The van der Waals surface area contributed by atoms with E-state index >= 15 is 0 Å². The predicted molar refractivity (Wildman–Crippen MR) is 71.2 cm³/mol. The van der Waals surface area contributed by atoms with Gasteiger partial charge in [0.05, 0.1) is 18.5 Å². The topological polar surface area (TPSA) is 43.6 Å². The van der Waals surface area contributed by atoms with Crippen LogP contribution in [-0.2, 0) is 6.54 Å². The Kier molecular flexibility index (Phi) is 3.15. The van der Waals surface area contributed by atoms with Gasteiger partial charge in [0, 0.05) is 16.6 Å². The summed E-state index contributed by atoms with van der Waals surface area (Å²) in [5, 5.41) is 3.29. The molecule has 5 heteroatoms. The number of fused-ring (bicyclic) bond motifs is 1. The van der Waals surface area contributed by atoms with Crippen LogP contribution in [0.25, 0.3) is 0 Å². The first-order chi connectivity index (χ1) is 8.83. The van der Waals surface area contributed by atoms with E-state index in [2.05, 4.69) is 21.2 Å². The molecule has 0 spiro atoms. The maximum Gasteiger partial charge on any atom is 0.163 e. The maximum atomic E-state index is 5.55. The van der Waals surface area contributed by atoms with Gasteiger partial charge in [0.2, 0.25) is 0 Å². The molecule has 1 aromatic carbocycles. The number of halogens is 1. The molecule has 0 saturated heterocycles. The minimum absolute atomic E-state index is 0.590. The lowest BCUT2D eigenvalue weighted by Gasteiger charge is -2.20. The Hall–Kier alpha value is -1.62. The van der Waals surface area contributed by atoms with Crippen molar-refractivity contribution in [1.82, 2.24) is 0 Å². The maximum absolute atomic E-state index is 5.55. The molecule has 2 aromatic rings. The highest BCUT2D eigenvalue weighted by molar-refractivity contribution is 9.10. The van der Waals surface area contributed by atoms with E-state index in [1.54, 1.807) is 6.26 Å². The third-order valence-electron chi connectivity index (χ3n) is 2.67. The summed E-state index contributed by atoms with van der Waals surface area (Å²) < 4.78 is 17.3. The number of nitrogens with one attached hydrogen (secondary N) is 1. The van der Waals surface area contributed by atoms with Crippen LogP contribution in [0.3, 0.4) is 0 Å². The largest absolute Gasteiger partial charge is 0.486 e. The van der Waals surface area contributed by atoms with Crippen LogP contribution in [0.5, 0.6) is 11.5 Å². The Balaban J connectivity index is 1.79. The van der Waals surface area contributed by atoms with Gasteiger partial charge in [-0.15, -0.1) is 0 Å². The summed E-state index contributed by atoms with van der Waals surface area (Å²) >= 11 is 3.51. The lowest BCUT2D eigenvalue weighted by atomic mass is 10.2. The molecular formula is C13H12BrNO3. The van der Waals surface area contributed by atoms with Gasteiger partial charge in [0.1, 0.15) is 19.0 Å². The first kappa shape index (κ1) is 11.5. The lowest BCUT2D eigenvalue weighted by molar-refractivity contribution is 0.171. The average Bonchev–Trinajstić information content (AvgIpc) is 2.89. The summed E-state index contributed by atoms with van der Waals surface area (Å²) in [7, 11) is 0. The van der Waals surface area contributed by atoms with Gasteiger partial charge in [-0.2, -0.15) is 0 Å². The molecular weight excluding hydrogens is 298 g/mol. The Morgan fingerprint density at radius 3 is 2.67 bits per heavy atom. The Morgan fingerprint density at radius 1 is 1.17 bits per heavy atom. The monoisotopic (exact) mass is 309 g/mol. The smallest absolute Gasteiger partial charge is 0.163 e. The van der Waals surface area contributed by atoms with Crippen LogP contribution in [0, 0.1) is 0 Å². The standard InChI is InChI=1S/C13H12BrNO3/c14-10-6-12-13(18-5-4-17-12)7-11(10)15-8-9-2-1-3-16-9/h1-3,6-7,15H,4-5,8H2. The van der Waals surface area contributed by atoms with Crippen LogP contribution < -0.4 is 14.8 Å². The molecule has 0 aliphatic carbocycles. The third-order valence-corrected chi connectivity index (χ3v) is 3.32. The minimum Gasteiger partial charge on any atom is -0.486 e. The van der Waals surface area contributed by atoms with Crippen molar-refractivity contribution in [1.29, 1.82) is 0 Å². The fourth-order valence-electron chi connectivity index (χ4n) is 1.79. The molecule has 0 radical (unpaired) electrons. The quantitative estimate of drug-likeness (QED) is 0.943. The third kappa shape index (κ3) is 2.31. The van der Waals surface area contributed by atoms with Crippen molar-refractivity contribution in [3.63, 3.8) is 0 Å². The minimum atomic E-state index is 0.590. The van der Waals surface area contributed by atoms with E-state index in [1.807, 2.05) is 24.3 Å².